The van der Waals surface area contributed by atoms with Crippen LogP contribution in [0.1, 0.15) is 20.8 Å². The Morgan fingerprint density at radius 2 is 2.04 bits per heavy atom. The van der Waals surface area contributed by atoms with Gasteiger partial charge in [0.05, 0.1) is 16.6 Å². The van der Waals surface area contributed by atoms with Crippen molar-refractivity contribution >= 4 is 22.8 Å². The fourth-order valence-electron chi connectivity index (χ4n) is 2.45. The van der Waals surface area contributed by atoms with Crippen LogP contribution in [0.3, 0.4) is 0 Å². The Bertz CT molecular complexity index is 881. The molecule has 2 heterocycles. The van der Waals surface area contributed by atoms with Crippen LogP contribution in [-0.4, -0.2) is 38.5 Å². The molecule has 0 aliphatic rings. The van der Waals surface area contributed by atoms with Crippen LogP contribution in [0, 0.1) is 0 Å². The summed E-state index contributed by atoms with van der Waals surface area (Å²) in [6.45, 7) is 5.46. The molecule has 0 radical (unpaired) electrons. The fraction of sp³-hybridized carbons (Fsp3) is 0.294. The second-order valence-corrected chi connectivity index (χ2v) is 6.29. The number of fused-ring (bicyclic) bond motifs is 1. The van der Waals surface area contributed by atoms with Crippen LogP contribution in [0.15, 0.2) is 36.8 Å². The third-order valence-electron chi connectivity index (χ3n) is 3.37. The number of hydrogen-bond acceptors (Lipinski definition) is 6. The number of aromatic nitrogens is 4. The topological polar surface area (TPSA) is 81.9 Å². The third-order valence-corrected chi connectivity index (χ3v) is 3.37. The molecule has 0 fully saturated rings. The molecule has 0 aliphatic carbocycles. The van der Waals surface area contributed by atoms with Crippen LogP contribution in [-0.2, 0) is 4.74 Å². The van der Waals surface area contributed by atoms with E-state index in [9.17, 15) is 4.79 Å². The van der Waals surface area contributed by atoms with E-state index in [1.54, 1.807) is 13.2 Å². The quantitative estimate of drug-likeness (QED) is 0.778. The number of benzene rings is 1. The Labute approximate surface area is 139 Å². The summed E-state index contributed by atoms with van der Waals surface area (Å²) >= 11 is 0. The van der Waals surface area contributed by atoms with Gasteiger partial charge in [-0.1, -0.05) is 12.1 Å². The molecule has 1 aromatic carbocycles. The zero-order valence-electron chi connectivity index (χ0n) is 14.1. The standard InChI is InChI=1S/C17H19N5O2/c1-17(2,3)24-16(23)22-13-7-5-6-11(12-8-9-19-10-20-12)14(13)15(18-4)21-22/h5-10H,1-4H3,(H,18,21). The molecule has 0 amide bonds. The van der Waals surface area contributed by atoms with E-state index in [1.807, 2.05) is 45.0 Å². The summed E-state index contributed by atoms with van der Waals surface area (Å²) in [7, 11) is 1.76. The van der Waals surface area contributed by atoms with Crippen LogP contribution in [0.25, 0.3) is 22.2 Å². The van der Waals surface area contributed by atoms with Crippen molar-refractivity contribution in [1.82, 2.24) is 19.7 Å². The van der Waals surface area contributed by atoms with Gasteiger partial charge in [0, 0.05) is 18.8 Å². The predicted molar refractivity (Wildman–Crippen MR) is 91.9 cm³/mol. The van der Waals surface area contributed by atoms with Gasteiger partial charge in [-0.25, -0.2) is 14.8 Å². The molecular weight excluding hydrogens is 306 g/mol. The minimum atomic E-state index is -0.598. The molecular formula is C17H19N5O2. The average molecular weight is 325 g/mol. The van der Waals surface area contributed by atoms with E-state index in [-0.39, 0.29) is 0 Å². The monoisotopic (exact) mass is 325 g/mol. The normalized spacial score (nSPS) is 11.5. The summed E-state index contributed by atoms with van der Waals surface area (Å²) in [5, 5.41) is 8.21. The van der Waals surface area contributed by atoms with E-state index >= 15 is 0 Å². The van der Waals surface area contributed by atoms with Crippen LogP contribution in [0.5, 0.6) is 0 Å². The molecule has 0 aliphatic heterocycles. The lowest BCUT2D eigenvalue weighted by atomic mass is 10.1. The molecule has 24 heavy (non-hydrogen) atoms. The van der Waals surface area contributed by atoms with Gasteiger partial charge in [-0.2, -0.15) is 4.68 Å². The number of rotatable bonds is 2. The first-order valence-electron chi connectivity index (χ1n) is 7.60. The van der Waals surface area contributed by atoms with Crippen LogP contribution in [0.4, 0.5) is 10.6 Å². The number of nitrogens with zero attached hydrogens (tertiary/aromatic N) is 4. The fourth-order valence-corrected chi connectivity index (χ4v) is 2.45. The lowest BCUT2D eigenvalue weighted by Crippen LogP contribution is -2.27. The van der Waals surface area contributed by atoms with E-state index < -0.39 is 11.7 Å². The molecule has 0 saturated heterocycles. The Kier molecular flexibility index (Phi) is 3.92. The molecule has 1 N–H and O–H groups in total. The summed E-state index contributed by atoms with van der Waals surface area (Å²) < 4.78 is 6.72. The summed E-state index contributed by atoms with van der Waals surface area (Å²) in [6, 6.07) is 7.45. The van der Waals surface area contributed by atoms with E-state index in [1.165, 1.54) is 11.0 Å². The summed E-state index contributed by atoms with van der Waals surface area (Å²) in [4.78, 5) is 20.7. The molecule has 2 aromatic heterocycles. The van der Waals surface area contributed by atoms with E-state index in [0.29, 0.717) is 11.3 Å². The van der Waals surface area contributed by atoms with Crippen molar-refractivity contribution in [2.45, 2.75) is 26.4 Å². The van der Waals surface area contributed by atoms with Gasteiger partial charge in [-0.05, 0) is 32.9 Å². The van der Waals surface area contributed by atoms with Crippen molar-refractivity contribution < 1.29 is 9.53 Å². The lowest BCUT2D eigenvalue weighted by molar-refractivity contribution is 0.0523. The van der Waals surface area contributed by atoms with Crippen LogP contribution in [0.2, 0.25) is 0 Å². The second kappa shape index (κ2) is 5.92. The Hall–Kier alpha value is -2.96. The van der Waals surface area contributed by atoms with Crippen molar-refractivity contribution in [3.63, 3.8) is 0 Å². The van der Waals surface area contributed by atoms with E-state index in [0.717, 1.165) is 16.6 Å². The largest absolute Gasteiger partial charge is 0.442 e. The number of nitrogens with one attached hydrogen (secondary N) is 1. The minimum Gasteiger partial charge on any atom is -0.442 e. The maximum absolute atomic E-state index is 12.5. The first-order chi connectivity index (χ1) is 11.4. The molecule has 0 atom stereocenters. The van der Waals surface area contributed by atoms with Gasteiger partial charge in [-0.3, -0.25) is 0 Å². The lowest BCUT2D eigenvalue weighted by Gasteiger charge is -2.19. The first-order valence-corrected chi connectivity index (χ1v) is 7.60. The van der Waals surface area contributed by atoms with Crippen molar-refractivity contribution in [2.24, 2.45) is 0 Å². The van der Waals surface area contributed by atoms with Crippen LogP contribution >= 0.6 is 0 Å². The molecule has 0 saturated carbocycles. The van der Waals surface area contributed by atoms with Crippen LogP contribution < -0.4 is 5.32 Å². The van der Waals surface area contributed by atoms with Gasteiger partial charge in [-0.15, -0.1) is 5.10 Å². The predicted octanol–water partition coefficient (Wildman–Crippen LogP) is 3.32. The maximum Gasteiger partial charge on any atom is 0.435 e. The highest BCUT2D eigenvalue weighted by Crippen LogP contribution is 2.32. The Morgan fingerprint density at radius 3 is 2.67 bits per heavy atom. The van der Waals surface area contributed by atoms with Crippen molar-refractivity contribution in [3.05, 3.63) is 36.8 Å². The Balaban J connectivity index is 2.20. The van der Waals surface area contributed by atoms with Gasteiger partial charge >= 0.3 is 6.09 Å². The molecule has 0 bridgehead atoms. The van der Waals surface area contributed by atoms with Gasteiger partial charge < -0.3 is 10.1 Å². The first kappa shape index (κ1) is 15.9. The number of anilines is 1. The molecule has 3 aromatic rings. The highest BCUT2D eigenvalue weighted by molar-refractivity contribution is 6.04. The number of hydrogen-bond donors (Lipinski definition) is 1. The Morgan fingerprint density at radius 1 is 1.25 bits per heavy atom. The highest BCUT2D eigenvalue weighted by Gasteiger charge is 2.23. The number of carbonyl (C=O) groups is 1. The SMILES string of the molecule is CNc1nn(C(=O)OC(C)(C)C)c2cccc(-c3ccncn3)c12. The van der Waals surface area contributed by atoms with Gasteiger partial charge in [0.2, 0.25) is 0 Å². The average Bonchev–Trinajstić information content (AvgIpc) is 2.93. The zero-order chi connectivity index (χ0) is 17.3. The molecule has 7 heteroatoms. The minimum absolute atomic E-state index is 0.520. The smallest absolute Gasteiger partial charge is 0.435 e. The van der Waals surface area contributed by atoms with Crippen molar-refractivity contribution in [2.75, 3.05) is 12.4 Å². The molecule has 0 spiro atoms. The molecule has 124 valence electrons. The van der Waals surface area contributed by atoms with E-state index in [4.69, 9.17) is 4.74 Å². The van der Waals surface area contributed by atoms with E-state index in [2.05, 4.69) is 20.4 Å². The number of ether oxygens (including phenoxy) is 1. The zero-order valence-corrected chi connectivity index (χ0v) is 14.1. The number of carbonyl (C=O) groups excluding carboxylic acids is 1. The third kappa shape index (κ3) is 2.92. The van der Waals surface area contributed by atoms with Crippen molar-refractivity contribution in [1.29, 1.82) is 0 Å². The van der Waals surface area contributed by atoms with Gasteiger partial charge in [0.25, 0.3) is 0 Å². The highest BCUT2D eigenvalue weighted by atomic mass is 16.6. The summed E-state index contributed by atoms with van der Waals surface area (Å²) in [5.74, 6) is 0.588. The maximum atomic E-state index is 12.5. The summed E-state index contributed by atoms with van der Waals surface area (Å²) in [5.41, 5.74) is 1.69. The summed E-state index contributed by atoms with van der Waals surface area (Å²) in [6.07, 6.45) is 2.65. The molecule has 3 rings (SSSR count). The molecule has 7 nitrogen and oxygen atoms in total. The molecule has 0 unspecified atom stereocenters. The van der Waals surface area contributed by atoms with Crippen molar-refractivity contribution in [3.8, 4) is 11.3 Å². The van der Waals surface area contributed by atoms with Gasteiger partial charge in [0.15, 0.2) is 5.82 Å². The van der Waals surface area contributed by atoms with Gasteiger partial charge in [0.1, 0.15) is 11.9 Å². The second-order valence-electron chi connectivity index (χ2n) is 6.29.